The van der Waals surface area contributed by atoms with Crippen LogP contribution in [0.5, 0.6) is 0 Å². The molecule has 0 bridgehead atoms. The molecule has 1 aliphatic heterocycles. The molecule has 1 fully saturated rings. The van der Waals surface area contributed by atoms with E-state index in [1.807, 2.05) is 24.1 Å². The van der Waals surface area contributed by atoms with Crippen LogP contribution in [-0.2, 0) is 18.3 Å². The maximum absolute atomic E-state index is 13.6. The smallest absolute Gasteiger partial charge is 0.228 e. The standard InChI is InChI=1S/C21H28N4O/c1-3-10-25(20-9-8-15-6-4-5-7-17(15)20)21(26)19-13-22-12-18(19)16-11-23-24(2)14-16/h4-7,11,14,18-20,22H,3,8-10,12-13H2,1-2H3/t18-,19+,20?/m1/s1. The van der Waals surface area contributed by atoms with Crippen LogP contribution in [0.25, 0.3) is 0 Å². The average Bonchev–Trinajstić information content (AvgIpc) is 3.38. The zero-order chi connectivity index (χ0) is 18.1. The number of benzene rings is 1. The molecule has 0 saturated carbocycles. The third kappa shape index (κ3) is 3.05. The lowest BCUT2D eigenvalue weighted by Gasteiger charge is -2.33. The van der Waals surface area contributed by atoms with Crippen molar-refractivity contribution in [3.63, 3.8) is 0 Å². The molecular weight excluding hydrogens is 324 g/mol. The van der Waals surface area contributed by atoms with E-state index in [1.54, 1.807) is 0 Å². The Labute approximate surface area is 155 Å². The molecule has 1 aromatic carbocycles. The van der Waals surface area contributed by atoms with Crippen molar-refractivity contribution < 1.29 is 4.79 Å². The van der Waals surface area contributed by atoms with Gasteiger partial charge in [-0.3, -0.25) is 9.48 Å². The predicted octanol–water partition coefficient (Wildman–Crippen LogP) is 2.65. The summed E-state index contributed by atoms with van der Waals surface area (Å²) < 4.78 is 1.83. The van der Waals surface area contributed by atoms with E-state index in [1.165, 1.54) is 16.7 Å². The van der Waals surface area contributed by atoms with Crippen molar-refractivity contribution in [1.82, 2.24) is 20.0 Å². The molecule has 138 valence electrons. The summed E-state index contributed by atoms with van der Waals surface area (Å²) in [6, 6.07) is 8.84. The highest BCUT2D eigenvalue weighted by Crippen LogP contribution is 2.38. The highest BCUT2D eigenvalue weighted by Gasteiger charge is 2.40. The van der Waals surface area contributed by atoms with Crippen LogP contribution in [-0.4, -0.2) is 40.2 Å². The van der Waals surface area contributed by atoms with Gasteiger partial charge >= 0.3 is 0 Å². The first-order chi connectivity index (χ1) is 12.7. The minimum absolute atomic E-state index is 0.00138. The zero-order valence-electron chi connectivity index (χ0n) is 15.7. The van der Waals surface area contributed by atoms with Crippen LogP contribution < -0.4 is 5.32 Å². The number of nitrogens with zero attached hydrogens (tertiary/aromatic N) is 3. The average molecular weight is 352 g/mol. The van der Waals surface area contributed by atoms with E-state index in [0.29, 0.717) is 5.91 Å². The summed E-state index contributed by atoms with van der Waals surface area (Å²) in [5.41, 5.74) is 3.91. The SMILES string of the molecule is CCCN(C(=O)[C@H]1CNC[C@@H]1c1cnn(C)c1)C1CCc2ccccc21. The third-order valence-electron chi connectivity index (χ3n) is 5.91. The molecule has 1 aliphatic carbocycles. The minimum Gasteiger partial charge on any atom is -0.335 e. The van der Waals surface area contributed by atoms with Crippen LogP contribution in [0.3, 0.4) is 0 Å². The molecule has 5 heteroatoms. The fourth-order valence-electron chi connectivity index (χ4n) is 4.65. The molecule has 1 aromatic heterocycles. The first-order valence-electron chi connectivity index (χ1n) is 9.76. The molecule has 3 atom stereocenters. The fraction of sp³-hybridized carbons (Fsp3) is 0.524. The molecule has 0 spiro atoms. The number of rotatable bonds is 5. The van der Waals surface area contributed by atoms with Crippen LogP contribution >= 0.6 is 0 Å². The maximum atomic E-state index is 13.6. The summed E-state index contributed by atoms with van der Waals surface area (Å²) in [4.78, 5) is 15.7. The van der Waals surface area contributed by atoms with Gasteiger partial charge in [-0.2, -0.15) is 5.10 Å². The molecule has 1 unspecified atom stereocenters. The molecule has 1 amide bonds. The van der Waals surface area contributed by atoms with Gasteiger partial charge in [0.1, 0.15) is 0 Å². The molecule has 2 heterocycles. The van der Waals surface area contributed by atoms with Crippen LogP contribution in [0.15, 0.2) is 36.7 Å². The first kappa shape index (κ1) is 17.3. The second-order valence-electron chi connectivity index (χ2n) is 7.60. The van der Waals surface area contributed by atoms with Gasteiger partial charge in [0.05, 0.1) is 18.2 Å². The molecule has 4 rings (SSSR count). The fourth-order valence-corrected chi connectivity index (χ4v) is 4.65. The van der Waals surface area contributed by atoms with Crippen molar-refractivity contribution in [3.8, 4) is 0 Å². The third-order valence-corrected chi connectivity index (χ3v) is 5.91. The number of fused-ring (bicyclic) bond motifs is 1. The Bertz CT molecular complexity index is 784. The Morgan fingerprint density at radius 3 is 2.96 bits per heavy atom. The van der Waals surface area contributed by atoms with Crippen LogP contribution in [0.4, 0.5) is 0 Å². The molecule has 26 heavy (non-hydrogen) atoms. The van der Waals surface area contributed by atoms with E-state index in [4.69, 9.17) is 0 Å². The number of hydrogen-bond acceptors (Lipinski definition) is 3. The molecule has 0 radical (unpaired) electrons. The van der Waals surface area contributed by atoms with Gasteiger partial charge in [0.15, 0.2) is 0 Å². The molecule has 1 N–H and O–H groups in total. The monoisotopic (exact) mass is 352 g/mol. The Morgan fingerprint density at radius 2 is 2.19 bits per heavy atom. The van der Waals surface area contributed by atoms with Gasteiger partial charge in [-0.15, -0.1) is 0 Å². The van der Waals surface area contributed by atoms with Gasteiger partial charge in [-0.1, -0.05) is 31.2 Å². The van der Waals surface area contributed by atoms with Gasteiger partial charge in [0.25, 0.3) is 0 Å². The Morgan fingerprint density at radius 1 is 1.35 bits per heavy atom. The number of aromatic nitrogens is 2. The zero-order valence-corrected chi connectivity index (χ0v) is 15.7. The van der Waals surface area contributed by atoms with Gasteiger partial charge in [0, 0.05) is 38.8 Å². The summed E-state index contributed by atoms with van der Waals surface area (Å²) in [5.74, 6) is 0.512. The summed E-state index contributed by atoms with van der Waals surface area (Å²) >= 11 is 0. The van der Waals surface area contributed by atoms with Gasteiger partial charge in [-0.05, 0) is 36.0 Å². The van der Waals surface area contributed by atoms with Gasteiger partial charge in [-0.25, -0.2) is 0 Å². The quantitative estimate of drug-likeness (QED) is 0.900. The van der Waals surface area contributed by atoms with E-state index in [2.05, 4.69) is 46.5 Å². The lowest BCUT2D eigenvalue weighted by Crippen LogP contribution is -2.41. The summed E-state index contributed by atoms with van der Waals surface area (Å²) in [6.45, 7) is 4.59. The molecule has 1 saturated heterocycles. The van der Waals surface area contributed by atoms with Crippen LogP contribution in [0.1, 0.15) is 48.4 Å². The Kier molecular flexibility index (Phi) is 4.81. The van der Waals surface area contributed by atoms with Crippen LogP contribution in [0.2, 0.25) is 0 Å². The number of amides is 1. The number of carbonyl (C=O) groups is 1. The van der Waals surface area contributed by atoms with Gasteiger partial charge in [0.2, 0.25) is 5.91 Å². The second-order valence-corrected chi connectivity index (χ2v) is 7.60. The molecular formula is C21H28N4O. The topological polar surface area (TPSA) is 50.2 Å². The number of hydrogen-bond donors (Lipinski definition) is 1. The number of carbonyl (C=O) groups excluding carboxylic acids is 1. The van der Waals surface area contributed by atoms with Crippen molar-refractivity contribution in [2.75, 3.05) is 19.6 Å². The first-order valence-corrected chi connectivity index (χ1v) is 9.76. The largest absolute Gasteiger partial charge is 0.335 e. The van der Waals surface area contributed by atoms with Crippen molar-refractivity contribution >= 4 is 5.91 Å². The normalized spacial score (nSPS) is 24.6. The lowest BCUT2D eigenvalue weighted by atomic mass is 9.89. The van der Waals surface area contributed by atoms with Gasteiger partial charge < -0.3 is 10.2 Å². The molecule has 5 nitrogen and oxygen atoms in total. The Hall–Kier alpha value is -2.14. The molecule has 2 aliphatic rings. The Balaban J connectivity index is 1.59. The number of aryl methyl sites for hydroxylation is 2. The second kappa shape index (κ2) is 7.23. The van der Waals surface area contributed by atoms with Crippen molar-refractivity contribution in [3.05, 3.63) is 53.3 Å². The van der Waals surface area contributed by atoms with E-state index >= 15 is 0 Å². The molecule has 2 aromatic rings. The minimum atomic E-state index is -0.00138. The summed E-state index contributed by atoms with van der Waals surface area (Å²) in [6.07, 6.45) is 7.06. The van der Waals surface area contributed by atoms with Crippen molar-refractivity contribution in [2.24, 2.45) is 13.0 Å². The van der Waals surface area contributed by atoms with E-state index in [-0.39, 0.29) is 17.9 Å². The number of nitrogens with one attached hydrogen (secondary N) is 1. The maximum Gasteiger partial charge on any atom is 0.228 e. The summed E-state index contributed by atoms with van der Waals surface area (Å²) in [7, 11) is 1.93. The highest BCUT2D eigenvalue weighted by molar-refractivity contribution is 5.81. The van der Waals surface area contributed by atoms with E-state index in [9.17, 15) is 4.79 Å². The predicted molar refractivity (Wildman–Crippen MR) is 102 cm³/mol. The van der Waals surface area contributed by atoms with E-state index in [0.717, 1.165) is 38.9 Å². The van der Waals surface area contributed by atoms with Crippen molar-refractivity contribution in [2.45, 2.75) is 38.1 Å². The van der Waals surface area contributed by atoms with Crippen molar-refractivity contribution in [1.29, 1.82) is 0 Å². The van der Waals surface area contributed by atoms with E-state index < -0.39 is 0 Å². The van der Waals surface area contributed by atoms with Crippen LogP contribution in [0, 0.1) is 5.92 Å². The highest BCUT2D eigenvalue weighted by atomic mass is 16.2. The lowest BCUT2D eigenvalue weighted by molar-refractivity contribution is -0.138. The summed E-state index contributed by atoms with van der Waals surface area (Å²) in [5, 5.41) is 7.74.